The highest BCUT2D eigenvalue weighted by Crippen LogP contribution is 1.99. The van der Waals surface area contributed by atoms with Gasteiger partial charge in [-0.3, -0.25) is 0 Å². The summed E-state index contributed by atoms with van der Waals surface area (Å²) in [6, 6.07) is 0. The van der Waals surface area contributed by atoms with Crippen LogP contribution < -0.4 is 0 Å². The number of aromatic carboxylic acids is 1. The Bertz CT molecular complexity index is 228. The molecule has 0 amide bonds. The molecule has 0 aliphatic carbocycles. The fourth-order valence-corrected chi connectivity index (χ4v) is 0.454. The Morgan fingerprint density at radius 1 is 1.89 bits per heavy atom. The predicted octanol–water partition coefficient (Wildman–Crippen LogP) is 0.681. The summed E-state index contributed by atoms with van der Waals surface area (Å²) >= 11 is 0. The Morgan fingerprint density at radius 3 is 2.78 bits per heavy atom. The lowest BCUT2D eigenvalue weighted by molar-refractivity contribution is 0.0652. The van der Waals surface area contributed by atoms with Crippen molar-refractivity contribution < 1.29 is 14.3 Å². The van der Waals surface area contributed by atoms with E-state index in [4.69, 9.17) is 5.11 Å². The molecule has 48 valence electrons. The van der Waals surface area contributed by atoms with Gasteiger partial charge in [0.2, 0.25) is 0 Å². The molecular weight excluding hydrogens is 122 g/mol. The van der Waals surface area contributed by atoms with Gasteiger partial charge >= 0.3 is 11.9 Å². The second kappa shape index (κ2) is 1.89. The molecule has 0 saturated heterocycles. The topological polar surface area (TPSA) is 63.3 Å². The summed E-state index contributed by atoms with van der Waals surface area (Å²) in [6.07, 6.45) is 1.36. The second-order valence-electron chi connectivity index (χ2n) is 1.58. The van der Waals surface area contributed by atoms with Gasteiger partial charge in [-0.05, 0) is 6.92 Å². The third-order valence-corrected chi connectivity index (χ3v) is 0.804. The van der Waals surface area contributed by atoms with Crippen molar-refractivity contribution in [2.24, 2.45) is 0 Å². The van der Waals surface area contributed by atoms with Crippen molar-refractivity contribution in [2.45, 2.75) is 6.92 Å². The predicted molar refractivity (Wildman–Crippen MR) is 28.2 cm³/mol. The molecule has 1 N–H and O–H groups in total. The highest BCUT2D eigenvalue weighted by molar-refractivity contribution is 5.81. The molecule has 1 aromatic rings. The van der Waals surface area contributed by atoms with Gasteiger partial charge in [-0.2, -0.15) is 0 Å². The molecule has 0 radical (unpaired) electrons. The monoisotopic (exact) mass is 127 g/mol. The van der Waals surface area contributed by atoms with Gasteiger partial charge in [0, 0.05) is 0 Å². The number of rotatable bonds is 1. The van der Waals surface area contributed by atoms with E-state index < -0.39 is 5.97 Å². The summed E-state index contributed by atoms with van der Waals surface area (Å²) in [5, 5.41) is 8.24. The molecule has 0 aliphatic rings. The molecule has 0 fully saturated rings. The van der Waals surface area contributed by atoms with Gasteiger partial charge in [0.25, 0.3) is 0 Å². The zero-order valence-electron chi connectivity index (χ0n) is 4.79. The number of carbonyl (C=O) groups is 1. The Balaban J connectivity index is 2.98. The fourth-order valence-electron chi connectivity index (χ4n) is 0.454. The van der Waals surface area contributed by atoms with Crippen molar-refractivity contribution in [3.05, 3.63) is 17.8 Å². The standard InChI is InChI=1S/C5H5NO3/c1-3-2-6-4(9-3)5(7)8/h2H,1H3,(H,7,8). The number of carboxylic acids is 1. The summed E-state index contributed by atoms with van der Waals surface area (Å²) in [6.45, 7) is 1.64. The van der Waals surface area contributed by atoms with E-state index in [0.29, 0.717) is 5.76 Å². The van der Waals surface area contributed by atoms with Gasteiger partial charge in [0.05, 0.1) is 6.20 Å². The number of aryl methyl sites for hydroxylation is 1. The van der Waals surface area contributed by atoms with Gasteiger partial charge in [0.15, 0.2) is 0 Å². The van der Waals surface area contributed by atoms with Gasteiger partial charge in [-0.25, -0.2) is 9.78 Å². The lowest BCUT2D eigenvalue weighted by Gasteiger charge is -1.79. The molecule has 0 aromatic carbocycles. The summed E-state index contributed by atoms with van der Waals surface area (Å²) < 4.78 is 4.63. The van der Waals surface area contributed by atoms with E-state index in [2.05, 4.69) is 9.40 Å². The van der Waals surface area contributed by atoms with Gasteiger partial charge in [-0.1, -0.05) is 0 Å². The molecule has 0 spiro atoms. The van der Waals surface area contributed by atoms with E-state index in [1.807, 2.05) is 0 Å². The first-order valence-electron chi connectivity index (χ1n) is 2.36. The first-order valence-corrected chi connectivity index (χ1v) is 2.36. The molecule has 0 bridgehead atoms. The van der Waals surface area contributed by atoms with E-state index in [1.54, 1.807) is 6.92 Å². The van der Waals surface area contributed by atoms with Gasteiger partial charge in [0.1, 0.15) is 5.76 Å². The second-order valence-corrected chi connectivity index (χ2v) is 1.58. The lowest BCUT2D eigenvalue weighted by Crippen LogP contribution is -1.94. The van der Waals surface area contributed by atoms with Crippen molar-refractivity contribution >= 4 is 5.97 Å². The summed E-state index contributed by atoms with van der Waals surface area (Å²) in [5.41, 5.74) is 0. The van der Waals surface area contributed by atoms with Crippen molar-refractivity contribution in [3.8, 4) is 0 Å². The summed E-state index contributed by atoms with van der Waals surface area (Å²) in [7, 11) is 0. The fraction of sp³-hybridized carbons (Fsp3) is 0.200. The highest BCUT2D eigenvalue weighted by Gasteiger charge is 2.07. The third kappa shape index (κ3) is 1.07. The average molecular weight is 127 g/mol. The van der Waals surface area contributed by atoms with Crippen LogP contribution in [0.1, 0.15) is 16.4 Å². The Hall–Kier alpha value is -1.32. The molecule has 1 rings (SSSR count). The number of aromatic nitrogens is 1. The van der Waals surface area contributed by atoms with Crippen molar-refractivity contribution in [1.29, 1.82) is 0 Å². The van der Waals surface area contributed by atoms with Crippen LogP contribution in [0.25, 0.3) is 0 Å². The van der Waals surface area contributed by atoms with Crippen LogP contribution in [-0.2, 0) is 0 Å². The Kier molecular flexibility index (Phi) is 1.22. The minimum absolute atomic E-state index is 0.257. The number of hydrogen-bond donors (Lipinski definition) is 1. The maximum Gasteiger partial charge on any atom is 0.392 e. The largest absolute Gasteiger partial charge is 0.474 e. The first-order chi connectivity index (χ1) is 4.20. The van der Waals surface area contributed by atoms with E-state index in [0.717, 1.165) is 0 Å². The van der Waals surface area contributed by atoms with E-state index >= 15 is 0 Å². The molecule has 0 atom stereocenters. The maximum atomic E-state index is 10.1. The average Bonchev–Trinajstić information content (AvgIpc) is 2.14. The van der Waals surface area contributed by atoms with Crippen LogP contribution in [0.5, 0.6) is 0 Å². The smallest absolute Gasteiger partial charge is 0.392 e. The van der Waals surface area contributed by atoms with E-state index in [-0.39, 0.29) is 5.89 Å². The zero-order chi connectivity index (χ0) is 6.85. The quantitative estimate of drug-likeness (QED) is 0.602. The number of hydrogen-bond acceptors (Lipinski definition) is 3. The van der Waals surface area contributed by atoms with E-state index in [1.165, 1.54) is 6.20 Å². The number of nitrogens with zero attached hydrogens (tertiary/aromatic N) is 1. The van der Waals surface area contributed by atoms with Crippen LogP contribution in [-0.4, -0.2) is 16.1 Å². The van der Waals surface area contributed by atoms with Crippen LogP contribution in [0, 0.1) is 6.92 Å². The van der Waals surface area contributed by atoms with Crippen LogP contribution in [0.4, 0.5) is 0 Å². The zero-order valence-corrected chi connectivity index (χ0v) is 4.79. The van der Waals surface area contributed by atoms with Gasteiger partial charge < -0.3 is 9.52 Å². The summed E-state index contributed by atoms with van der Waals surface area (Å²) in [4.78, 5) is 13.5. The molecule has 4 heteroatoms. The Morgan fingerprint density at radius 2 is 2.56 bits per heavy atom. The SMILES string of the molecule is Cc1cnc(C(=O)O)o1. The third-order valence-electron chi connectivity index (χ3n) is 0.804. The normalized spacial score (nSPS) is 9.44. The highest BCUT2D eigenvalue weighted by atomic mass is 16.4. The first kappa shape index (κ1) is 5.81. The summed E-state index contributed by atoms with van der Waals surface area (Å²) in [5.74, 6) is -0.886. The van der Waals surface area contributed by atoms with Crippen LogP contribution in [0.3, 0.4) is 0 Å². The van der Waals surface area contributed by atoms with Crippen molar-refractivity contribution in [1.82, 2.24) is 4.98 Å². The molecule has 0 unspecified atom stereocenters. The number of oxazole rings is 1. The molecule has 1 heterocycles. The molecule has 9 heavy (non-hydrogen) atoms. The van der Waals surface area contributed by atoms with E-state index in [9.17, 15) is 4.79 Å². The molecule has 4 nitrogen and oxygen atoms in total. The van der Waals surface area contributed by atoms with Crippen LogP contribution in [0.15, 0.2) is 10.6 Å². The van der Waals surface area contributed by atoms with Crippen LogP contribution >= 0.6 is 0 Å². The minimum Gasteiger partial charge on any atom is -0.474 e. The number of carboxylic acid groups (broad SMARTS) is 1. The molecule has 0 aliphatic heterocycles. The van der Waals surface area contributed by atoms with Crippen LogP contribution in [0.2, 0.25) is 0 Å². The van der Waals surface area contributed by atoms with Gasteiger partial charge in [-0.15, -0.1) is 0 Å². The maximum absolute atomic E-state index is 10.1. The molecular formula is C5H5NO3. The van der Waals surface area contributed by atoms with Crippen molar-refractivity contribution in [3.63, 3.8) is 0 Å². The lowest BCUT2D eigenvalue weighted by atomic mass is 10.6. The molecule has 1 aromatic heterocycles. The van der Waals surface area contributed by atoms with Crippen molar-refractivity contribution in [2.75, 3.05) is 0 Å². The Labute approximate surface area is 51.1 Å². The molecule has 0 saturated carbocycles. The minimum atomic E-state index is -1.14.